The molecule has 3 heteroatoms. The first-order chi connectivity index (χ1) is 8.84. The number of rotatable bonds is 3. The van der Waals surface area contributed by atoms with E-state index in [1.165, 1.54) is 0 Å². The molecule has 0 unspecified atom stereocenters. The number of fused-ring (bicyclic) bond motifs is 1. The predicted molar refractivity (Wildman–Crippen MR) is 76.1 cm³/mol. The summed E-state index contributed by atoms with van der Waals surface area (Å²) in [6, 6.07) is 4.08. The van der Waals surface area contributed by atoms with Crippen molar-refractivity contribution in [2.75, 3.05) is 0 Å². The third-order valence-corrected chi connectivity index (χ3v) is 3.51. The average molecular weight is 260 g/mol. The first-order valence-electron chi connectivity index (χ1n) is 6.63. The van der Waals surface area contributed by atoms with E-state index in [9.17, 15) is 9.90 Å². The molecule has 3 nitrogen and oxygen atoms in total. The Morgan fingerprint density at radius 1 is 1.16 bits per heavy atom. The molecule has 0 amide bonds. The van der Waals surface area contributed by atoms with E-state index in [0.29, 0.717) is 5.92 Å². The van der Waals surface area contributed by atoms with Crippen molar-refractivity contribution in [3.63, 3.8) is 0 Å². The molecular formula is C16H20O3. The Kier molecular flexibility index (Phi) is 3.40. The molecular weight excluding hydrogens is 240 g/mol. The smallest absolute Gasteiger partial charge is 0.372 e. The van der Waals surface area contributed by atoms with E-state index in [4.69, 9.17) is 4.42 Å². The zero-order valence-corrected chi connectivity index (χ0v) is 12.1. The molecule has 0 radical (unpaired) electrons. The fourth-order valence-electron chi connectivity index (χ4n) is 2.58. The van der Waals surface area contributed by atoms with Crippen LogP contribution >= 0.6 is 0 Å². The second-order valence-electron chi connectivity index (χ2n) is 5.64. The van der Waals surface area contributed by atoms with Crippen LogP contribution in [-0.4, -0.2) is 11.1 Å². The Balaban J connectivity index is 2.93. The quantitative estimate of drug-likeness (QED) is 0.871. The fourth-order valence-corrected chi connectivity index (χ4v) is 2.58. The predicted octanol–water partition coefficient (Wildman–Crippen LogP) is 4.69. The third kappa shape index (κ3) is 2.14. The van der Waals surface area contributed by atoms with Crippen molar-refractivity contribution in [1.29, 1.82) is 0 Å². The molecule has 19 heavy (non-hydrogen) atoms. The van der Waals surface area contributed by atoms with Crippen molar-refractivity contribution in [2.24, 2.45) is 0 Å². The summed E-state index contributed by atoms with van der Waals surface area (Å²) in [6.07, 6.45) is 0. The van der Waals surface area contributed by atoms with Crippen molar-refractivity contribution in [3.05, 3.63) is 34.6 Å². The number of hydrogen-bond acceptors (Lipinski definition) is 2. The molecule has 0 bridgehead atoms. The normalized spacial score (nSPS) is 11.7. The van der Waals surface area contributed by atoms with Crippen molar-refractivity contribution in [2.45, 2.75) is 46.5 Å². The van der Waals surface area contributed by atoms with Gasteiger partial charge in [0.2, 0.25) is 5.76 Å². The van der Waals surface area contributed by atoms with Gasteiger partial charge in [0.05, 0.1) is 0 Å². The summed E-state index contributed by atoms with van der Waals surface area (Å²) < 4.78 is 5.70. The second-order valence-corrected chi connectivity index (χ2v) is 5.64. The summed E-state index contributed by atoms with van der Waals surface area (Å²) >= 11 is 0. The number of hydrogen-bond donors (Lipinski definition) is 1. The summed E-state index contributed by atoms with van der Waals surface area (Å²) in [5, 5.41) is 10.3. The van der Waals surface area contributed by atoms with Gasteiger partial charge in [-0.3, -0.25) is 0 Å². The SMILES string of the molecule is Cc1ccc(C(C)C)c2oc(C(=O)O)c(C(C)C)c12. The molecule has 0 aliphatic rings. The number of aryl methyl sites for hydroxylation is 1. The van der Waals surface area contributed by atoms with Gasteiger partial charge in [0.1, 0.15) is 5.58 Å². The maximum Gasteiger partial charge on any atom is 0.372 e. The number of carbonyl (C=O) groups is 1. The average Bonchev–Trinajstić information content (AvgIpc) is 2.69. The topological polar surface area (TPSA) is 50.4 Å². The zero-order valence-electron chi connectivity index (χ0n) is 12.1. The molecule has 1 N–H and O–H groups in total. The summed E-state index contributed by atoms with van der Waals surface area (Å²) in [5.41, 5.74) is 3.67. The highest BCUT2D eigenvalue weighted by molar-refractivity contribution is 5.98. The van der Waals surface area contributed by atoms with Gasteiger partial charge in [-0.1, -0.05) is 39.8 Å². The monoisotopic (exact) mass is 260 g/mol. The van der Waals surface area contributed by atoms with Crippen LogP contribution in [-0.2, 0) is 0 Å². The van der Waals surface area contributed by atoms with E-state index in [1.807, 2.05) is 32.9 Å². The van der Waals surface area contributed by atoms with E-state index in [2.05, 4.69) is 13.8 Å². The first kappa shape index (κ1) is 13.7. The molecule has 1 heterocycles. The molecule has 1 aromatic heterocycles. The van der Waals surface area contributed by atoms with Gasteiger partial charge in [0, 0.05) is 10.9 Å². The lowest BCUT2D eigenvalue weighted by atomic mass is 9.92. The molecule has 0 saturated heterocycles. The first-order valence-corrected chi connectivity index (χ1v) is 6.63. The van der Waals surface area contributed by atoms with E-state index in [1.54, 1.807) is 0 Å². The van der Waals surface area contributed by atoms with Crippen LogP contribution in [0.2, 0.25) is 0 Å². The van der Waals surface area contributed by atoms with Crippen LogP contribution in [0.3, 0.4) is 0 Å². The van der Waals surface area contributed by atoms with Gasteiger partial charge in [-0.25, -0.2) is 4.79 Å². The van der Waals surface area contributed by atoms with Crippen LogP contribution in [0.4, 0.5) is 0 Å². The van der Waals surface area contributed by atoms with Gasteiger partial charge in [-0.05, 0) is 29.9 Å². The summed E-state index contributed by atoms with van der Waals surface area (Å²) in [4.78, 5) is 11.4. The standard InChI is InChI=1S/C16H20O3/c1-8(2)11-7-6-10(5)13-12(9(3)4)15(16(17)18)19-14(11)13/h6-9H,1-5H3,(H,17,18). The molecule has 1 aromatic carbocycles. The van der Waals surface area contributed by atoms with Gasteiger partial charge < -0.3 is 9.52 Å². The van der Waals surface area contributed by atoms with E-state index >= 15 is 0 Å². The zero-order chi connectivity index (χ0) is 14.3. The van der Waals surface area contributed by atoms with E-state index < -0.39 is 5.97 Å². The fraction of sp³-hybridized carbons (Fsp3) is 0.438. The Morgan fingerprint density at radius 3 is 2.26 bits per heavy atom. The maximum absolute atomic E-state index is 11.4. The van der Waals surface area contributed by atoms with Crippen LogP contribution in [0.5, 0.6) is 0 Å². The van der Waals surface area contributed by atoms with E-state index in [0.717, 1.165) is 27.7 Å². The molecule has 0 atom stereocenters. The highest BCUT2D eigenvalue weighted by Crippen LogP contribution is 2.37. The summed E-state index contributed by atoms with van der Waals surface area (Å²) in [6.45, 7) is 10.2. The van der Waals surface area contributed by atoms with Crippen LogP contribution in [0.1, 0.15) is 66.8 Å². The minimum atomic E-state index is -0.992. The Bertz CT molecular complexity index is 633. The van der Waals surface area contributed by atoms with Crippen LogP contribution in [0.25, 0.3) is 11.0 Å². The third-order valence-electron chi connectivity index (χ3n) is 3.51. The van der Waals surface area contributed by atoms with Gasteiger partial charge in [0.15, 0.2) is 0 Å². The van der Waals surface area contributed by atoms with Crippen molar-refractivity contribution < 1.29 is 14.3 Å². The minimum absolute atomic E-state index is 0.0844. The van der Waals surface area contributed by atoms with Crippen LogP contribution < -0.4 is 0 Å². The lowest BCUT2D eigenvalue weighted by Gasteiger charge is -2.09. The summed E-state index contributed by atoms with van der Waals surface area (Å²) in [7, 11) is 0. The van der Waals surface area contributed by atoms with Gasteiger partial charge >= 0.3 is 5.97 Å². The highest BCUT2D eigenvalue weighted by Gasteiger charge is 2.25. The number of carboxylic acids is 1. The van der Waals surface area contributed by atoms with Crippen molar-refractivity contribution in [3.8, 4) is 0 Å². The van der Waals surface area contributed by atoms with Crippen LogP contribution in [0.15, 0.2) is 16.5 Å². The Hall–Kier alpha value is -1.77. The number of carboxylic acid groups (broad SMARTS) is 1. The molecule has 0 spiro atoms. The molecule has 0 aliphatic heterocycles. The maximum atomic E-state index is 11.4. The lowest BCUT2D eigenvalue weighted by molar-refractivity contribution is 0.0662. The second kappa shape index (κ2) is 4.72. The van der Waals surface area contributed by atoms with Crippen molar-refractivity contribution >= 4 is 16.9 Å². The van der Waals surface area contributed by atoms with Crippen molar-refractivity contribution in [1.82, 2.24) is 0 Å². The van der Waals surface area contributed by atoms with E-state index in [-0.39, 0.29) is 11.7 Å². The minimum Gasteiger partial charge on any atom is -0.475 e. The number of aromatic carboxylic acids is 1. The number of benzene rings is 1. The molecule has 0 fully saturated rings. The van der Waals surface area contributed by atoms with Gasteiger partial charge in [-0.2, -0.15) is 0 Å². The lowest BCUT2D eigenvalue weighted by Crippen LogP contribution is -2.00. The highest BCUT2D eigenvalue weighted by atomic mass is 16.4. The largest absolute Gasteiger partial charge is 0.475 e. The molecule has 0 aliphatic carbocycles. The molecule has 0 saturated carbocycles. The molecule has 102 valence electrons. The van der Waals surface area contributed by atoms with Gasteiger partial charge in [-0.15, -0.1) is 0 Å². The van der Waals surface area contributed by atoms with Crippen LogP contribution in [0, 0.1) is 6.92 Å². The Morgan fingerprint density at radius 2 is 1.79 bits per heavy atom. The number of furan rings is 1. The summed E-state index contributed by atoms with van der Waals surface area (Å²) in [5.74, 6) is -0.487. The molecule has 2 aromatic rings. The molecule has 2 rings (SSSR count). The van der Waals surface area contributed by atoms with Gasteiger partial charge in [0.25, 0.3) is 0 Å². The Labute approximate surface area is 113 Å².